The Hall–Kier alpha value is -2.64. The van der Waals surface area contributed by atoms with Gasteiger partial charge in [0.1, 0.15) is 0 Å². The van der Waals surface area contributed by atoms with Crippen molar-refractivity contribution in [3.05, 3.63) is 53.6 Å². The second-order valence-corrected chi connectivity index (χ2v) is 7.82. The molecule has 3 N–H and O–H groups in total. The molecule has 6 nitrogen and oxygen atoms in total. The van der Waals surface area contributed by atoms with Gasteiger partial charge in [0.25, 0.3) is 0 Å². The molecule has 0 atom stereocenters. The van der Waals surface area contributed by atoms with Crippen molar-refractivity contribution in [2.24, 2.45) is 0 Å². The van der Waals surface area contributed by atoms with E-state index in [9.17, 15) is 9.90 Å². The fraction of sp³-hybridized carbons (Fsp3) is 0.250. The SMILES string of the molecule is Cc1cc(-c2ccc(C(C)(C)O)cc2)cc(-c2nc(SCC(=O)O)n[nH]2)c1. The van der Waals surface area contributed by atoms with Gasteiger partial charge in [-0.05, 0) is 55.2 Å². The predicted octanol–water partition coefficient (Wildman–Crippen LogP) is 3.85. The molecule has 0 radical (unpaired) electrons. The summed E-state index contributed by atoms with van der Waals surface area (Å²) in [6.07, 6.45) is 0. The quantitative estimate of drug-likeness (QED) is 0.559. The summed E-state index contributed by atoms with van der Waals surface area (Å²) in [7, 11) is 0. The lowest BCUT2D eigenvalue weighted by molar-refractivity contribution is -0.133. The molecule has 0 spiro atoms. The second-order valence-electron chi connectivity index (χ2n) is 6.87. The Morgan fingerprint density at radius 2 is 1.78 bits per heavy atom. The van der Waals surface area contributed by atoms with E-state index in [0.29, 0.717) is 11.0 Å². The van der Waals surface area contributed by atoms with Gasteiger partial charge in [0.05, 0.1) is 11.4 Å². The van der Waals surface area contributed by atoms with Gasteiger partial charge in [-0.15, -0.1) is 5.10 Å². The summed E-state index contributed by atoms with van der Waals surface area (Å²) in [6.45, 7) is 5.53. The van der Waals surface area contributed by atoms with Gasteiger partial charge in [-0.25, -0.2) is 4.98 Å². The molecule has 0 amide bonds. The number of aromatic amines is 1. The van der Waals surface area contributed by atoms with Gasteiger partial charge in [0, 0.05) is 5.56 Å². The van der Waals surface area contributed by atoms with Crippen molar-refractivity contribution in [1.29, 1.82) is 0 Å². The molecule has 0 bridgehead atoms. The van der Waals surface area contributed by atoms with E-state index in [-0.39, 0.29) is 5.75 Å². The van der Waals surface area contributed by atoms with E-state index in [1.807, 2.05) is 43.3 Å². The number of aliphatic carboxylic acids is 1. The monoisotopic (exact) mass is 383 g/mol. The summed E-state index contributed by atoms with van der Waals surface area (Å²) in [5.41, 5.74) is 4.00. The molecule has 0 aliphatic carbocycles. The van der Waals surface area contributed by atoms with Crippen LogP contribution in [0.3, 0.4) is 0 Å². The predicted molar refractivity (Wildman–Crippen MR) is 106 cm³/mol. The van der Waals surface area contributed by atoms with E-state index >= 15 is 0 Å². The van der Waals surface area contributed by atoms with Gasteiger partial charge in [-0.1, -0.05) is 42.1 Å². The molecule has 0 unspecified atom stereocenters. The van der Waals surface area contributed by atoms with Gasteiger partial charge in [-0.2, -0.15) is 0 Å². The maximum atomic E-state index is 10.7. The van der Waals surface area contributed by atoms with Gasteiger partial charge >= 0.3 is 5.97 Å². The highest BCUT2D eigenvalue weighted by Gasteiger charge is 2.16. The molecule has 3 rings (SSSR count). The van der Waals surface area contributed by atoms with Crippen molar-refractivity contribution in [3.8, 4) is 22.5 Å². The Labute approximate surface area is 161 Å². The Kier molecular flexibility index (Phi) is 5.34. The highest BCUT2D eigenvalue weighted by Crippen LogP contribution is 2.29. The third-order valence-electron chi connectivity index (χ3n) is 4.07. The lowest BCUT2D eigenvalue weighted by Gasteiger charge is -2.18. The van der Waals surface area contributed by atoms with Crippen LogP contribution in [0.4, 0.5) is 0 Å². The molecule has 27 heavy (non-hydrogen) atoms. The topological polar surface area (TPSA) is 99.1 Å². The van der Waals surface area contributed by atoms with Gasteiger partial charge in [-0.3, -0.25) is 9.89 Å². The van der Waals surface area contributed by atoms with Crippen LogP contribution in [-0.4, -0.2) is 37.1 Å². The van der Waals surface area contributed by atoms with Crippen molar-refractivity contribution in [1.82, 2.24) is 15.2 Å². The fourth-order valence-electron chi connectivity index (χ4n) is 2.72. The van der Waals surface area contributed by atoms with Crippen LogP contribution in [-0.2, 0) is 10.4 Å². The zero-order valence-electron chi connectivity index (χ0n) is 15.4. The first kappa shape index (κ1) is 19.1. The highest BCUT2D eigenvalue weighted by atomic mass is 32.2. The highest BCUT2D eigenvalue weighted by molar-refractivity contribution is 7.99. The number of carboxylic acid groups (broad SMARTS) is 1. The van der Waals surface area contributed by atoms with Crippen molar-refractivity contribution in [3.63, 3.8) is 0 Å². The van der Waals surface area contributed by atoms with Crippen LogP contribution in [0, 0.1) is 6.92 Å². The zero-order valence-corrected chi connectivity index (χ0v) is 16.2. The van der Waals surface area contributed by atoms with Gasteiger partial charge in [0.15, 0.2) is 5.82 Å². The number of aromatic nitrogens is 3. The minimum atomic E-state index is -0.904. The first-order chi connectivity index (χ1) is 12.7. The first-order valence-electron chi connectivity index (χ1n) is 8.45. The molecule has 0 fully saturated rings. The van der Waals surface area contributed by atoms with Crippen LogP contribution in [0.1, 0.15) is 25.0 Å². The maximum Gasteiger partial charge on any atom is 0.313 e. The second kappa shape index (κ2) is 7.54. The summed E-state index contributed by atoms with van der Waals surface area (Å²) in [4.78, 5) is 15.1. The van der Waals surface area contributed by atoms with Gasteiger partial charge in [0.2, 0.25) is 5.16 Å². The first-order valence-corrected chi connectivity index (χ1v) is 9.43. The lowest BCUT2D eigenvalue weighted by Crippen LogP contribution is -2.14. The van der Waals surface area contributed by atoms with E-state index in [1.165, 1.54) is 0 Å². The molecular weight excluding hydrogens is 362 g/mol. The number of hydrogen-bond donors (Lipinski definition) is 3. The minimum absolute atomic E-state index is 0.0794. The summed E-state index contributed by atoms with van der Waals surface area (Å²) in [5, 5.41) is 26.2. The van der Waals surface area contributed by atoms with Crippen LogP contribution < -0.4 is 0 Å². The number of hydrogen-bond acceptors (Lipinski definition) is 5. The number of benzene rings is 2. The number of carbonyl (C=O) groups is 1. The Bertz CT molecular complexity index is 959. The number of nitrogens with zero attached hydrogens (tertiary/aromatic N) is 2. The largest absolute Gasteiger partial charge is 0.481 e. The van der Waals surface area contributed by atoms with E-state index in [4.69, 9.17) is 5.11 Å². The number of rotatable bonds is 6. The summed E-state index contributed by atoms with van der Waals surface area (Å²) in [6, 6.07) is 13.9. The average molecular weight is 383 g/mol. The molecule has 1 heterocycles. The molecule has 0 aliphatic heterocycles. The number of aliphatic hydroxyl groups is 1. The molecule has 140 valence electrons. The van der Waals surface area contributed by atoms with Crippen molar-refractivity contribution < 1.29 is 15.0 Å². The molecule has 0 aliphatic rings. The molecular formula is C20H21N3O3S. The average Bonchev–Trinajstić information content (AvgIpc) is 3.08. The van der Waals surface area contributed by atoms with E-state index in [0.717, 1.165) is 39.6 Å². The Balaban J connectivity index is 1.90. The Morgan fingerprint density at radius 1 is 1.11 bits per heavy atom. The van der Waals surface area contributed by atoms with E-state index < -0.39 is 11.6 Å². The number of H-pyrrole nitrogens is 1. The van der Waals surface area contributed by atoms with Crippen molar-refractivity contribution in [2.45, 2.75) is 31.5 Å². The van der Waals surface area contributed by atoms with E-state index in [1.54, 1.807) is 13.8 Å². The standard InChI is InChI=1S/C20H21N3O3S/c1-12-8-14(13-4-6-16(7-5-13)20(2,3)26)10-15(9-12)18-21-19(23-22-18)27-11-17(24)25/h4-10,26H,11H2,1-3H3,(H,24,25)(H,21,22,23). The molecule has 0 saturated heterocycles. The fourth-order valence-corrected chi connectivity index (χ4v) is 3.24. The number of nitrogens with one attached hydrogen (secondary N) is 1. The van der Waals surface area contributed by atoms with Crippen LogP contribution in [0.25, 0.3) is 22.5 Å². The molecule has 2 aromatic carbocycles. The maximum absolute atomic E-state index is 10.7. The van der Waals surface area contributed by atoms with Gasteiger partial charge < -0.3 is 10.2 Å². The van der Waals surface area contributed by atoms with Crippen LogP contribution in [0.5, 0.6) is 0 Å². The minimum Gasteiger partial charge on any atom is -0.481 e. The molecule has 1 aromatic heterocycles. The summed E-state index contributed by atoms with van der Waals surface area (Å²) < 4.78 is 0. The third-order valence-corrected chi connectivity index (χ3v) is 4.90. The third kappa shape index (κ3) is 4.75. The Morgan fingerprint density at radius 3 is 2.41 bits per heavy atom. The van der Waals surface area contributed by atoms with Crippen LogP contribution >= 0.6 is 11.8 Å². The lowest BCUT2D eigenvalue weighted by atomic mass is 9.94. The van der Waals surface area contributed by atoms with Crippen molar-refractivity contribution in [2.75, 3.05) is 5.75 Å². The number of thioether (sulfide) groups is 1. The van der Waals surface area contributed by atoms with Crippen molar-refractivity contribution >= 4 is 17.7 Å². The molecule has 3 aromatic rings. The number of aryl methyl sites for hydroxylation is 1. The van der Waals surface area contributed by atoms with Crippen LogP contribution in [0.2, 0.25) is 0 Å². The number of carboxylic acids is 1. The summed E-state index contributed by atoms with van der Waals surface area (Å²) >= 11 is 1.08. The normalized spacial score (nSPS) is 11.6. The van der Waals surface area contributed by atoms with Crippen LogP contribution in [0.15, 0.2) is 47.6 Å². The summed E-state index contributed by atoms with van der Waals surface area (Å²) in [5.74, 6) is -0.385. The van der Waals surface area contributed by atoms with E-state index in [2.05, 4.69) is 21.2 Å². The smallest absolute Gasteiger partial charge is 0.313 e. The molecule has 7 heteroatoms. The molecule has 0 saturated carbocycles. The zero-order chi connectivity index (χ0) is 19.6.